The Morgan fingerprint density at radius 1 is 1.19 bits per heavy atom. The molecule has 0 unspecified atom stereocenters. The number of carbonyl (C=O) groups excluding carboxylic acids is 1. The number of benzene rings is 2. The van der Waals surface area contributed by atoms with Crippen LogP contribution in [0.15, 0.2) is 42.5 Å². The lowest BCUT2D eigenvalue weighted by atomic mass is 9.99. The first-order valence-electron chi connectivity index (χ1n) is 5.12. The lowest BCUT2D eigenvalue weighted by molar-refractivity contribution is -0.413. The molecule has 0 bridgehead atoms. The molecule has 0 amide bonds. The van der Waals surface area contributed by atoms with Gasteiger partial charge in [-0.3, -0.25) is 0 Å². The van der Waals surface area contributed by atoms with Crippen LogP contribution in [0, 0.1) is 0 Å². The first kappa shape index (κ1) is 10.6. The van der Waals surface area contributed by atoms with Gasteiger partial charge < -0.3 is 10.5 Å². The van der Waals surface area contributed by atoms with Crippen molar-refractivity contribution in [2.24, 2.45) is 0 Å². The molecule has 2 rings (SSSR count). The minimum atomic E-state index is -0.476. The third-order valence-corrected chi connectivity index (χ3v) is 2.68. The van der Waals surface area contributed by atoms with E-state index in [-0.39, 0.29) is 5.97 Å². The van der Waals surface area contributed by atoms with Crippen molar-refractivity contribution in [1.82, 2.24) is 0 Å². The lowest BCUT2D eigenvalue weighted by Crippen LogP contribution is -2.57. The highest BCUT2D eigenvalue weighted by atomic mass is 16.5. The first-order valence-corrected chi connectivity index (χ1v) is 5.12. The molecule has 0 aromatic heterocycles. The molecule has 0 aliphatic carbocycles. The quantitative estimate of drug-likeness (QED) is 0.769. The molecule has 0 aliphatic heterocycles. The van der Waals surface area contributed by atoms with E-state index >= 15 is 0 Å². The van der Waals surface area contributed by atoms with Crippen molar-refractivity contribution in [3.63, 3.8) is 0 Å². The fourth-order valence-electron chi connectivity index (χ4n) is 1.82. The predicted octanol–water partition coefficient (Wildman–Crippen LogP) is 1.30. The number of esters is 1. The second-order valence-electron chi connectivity index (χ2n) is 3.64. The molecular weight excluding hydrogens is 202 g/mol. The van der Waals surface area contributed by atoms with Crippen molar-refractivity contribution in [2.75, 3.05) is 7.11 Å². The van der Waals surface area contributed by atoms with Gasteiger partial charge in [-0.05, 0) is 10.8 Å². The van der Waals surface area contributed by atoms with Crippen molar-refractivity contribution in [3.05, 3.63) is 48.0 Å². The summed E-state index contributed by atoms with van der Waals surface area (Å²) in [6.45, 7) is 0. The summed E-state index contributed by atoms with van der Waals surface area (Å²) in [4.78, 5) is 11.5. The second kappa shape index (κ2) is 4.33. The zero-order valence-corrected chi connectivity index (χ0v) is 9.14. The van der Waals surface area contributed by atoms with Crippen LogP contribution in [-0.2, 0) is 9.53 Å². The summed E-state index contributed by atoms with van der Waals surface area (Å²) in [5.74, 6) is -0.309. The van der Waals surface area contributed by atoms with E-state index in [1.54, 1.807) is 0 Å². The minimum Gasteiger partial charge on any atom is -0.464 e. The van der Waals surface area contributed by atoms with Crippen LogP contribution >= 0.6 is 0 Å². The van der Waals surface area contributed by atoms with E-state index < -0.39 is 6.04 Å². The molecule has 0 saturated carbocycles. The standard InChI is InChI=1S/C13H13NO2/c1-16-13(15)12(14)11-8-4-6-9-5-2-3-7-10(9)11/h2-8,12H,14H2,1H3/p+1/t12-/m1/s1. The summed E-state index contributed by atoms with van der Waals surface area (Å²) in [5, 5.41) is 2.16. The zero-order chi connectivity index (χ0) is 11.5. The molecule has 3 heteroatoms. The molecule has 1 atom stereocenters. The summed E-state index contributed by atoms with van der Waals surface area (Å²) in [7, 11) is 1.38. The number of carbonyl (C=O) groups is 1. The maximum absolute atomic E-state index is 11.5. The van der Waals surface area contributed by atoms with Crippen LogP contribution in [0.5, 0.6) is 0 Å². The van der Waals surface area contributed by atoms with E-state index in [4.69, 9.17) is 4.74 Å². The van der Waals surface area contributed by atoms with Crippen LogP contribution in [0.25, 0.3) is 10.8 Å². The van der Waals surface area contributed by atoms with Crippen molar-refractivity contribution in [1.29, 1.82) is 0 Å². The average Bonchev–Trinajstić information content (AvgIpc) is 2.36. The van der Waals surface area contributed by atoms with Crippen molar-refractivity contribution in [2.45, 2.75) is 6.04 Å². The summed E-state index contributed by atoms with van der Waals surface area (Å²) >= 11 is 0. The van der Waals surface area contributed by atoms with E-state index in [0.29, 0.717) is 0 Å². The molecule has 2 aromatic carbocycles. The third kappa shape index (κ3) is 1.77. The highest BCUT2D eigenvalue weighted by Crippen LogP contribution is 2.22. The number of ether oxygens (including phenoxy) is 1. The fraction of sp³-hybridized carbons (Fsp3) is 0.154. The Balaban J connectivity index is 2.56. The van der Waals surface area contributed by atoms with Gasteiger partial charge >= 0.3 is 5.97 Å². The Hall–Kier alpha value is -1.87. The minimum absolute atomic E-state index is 0.309. The van der Waals surface area contributed by atoms with Crippen LogP contribution in [0.1, 0.15) is 11.6 Å². The highest BCUT2D eigenvalue weighted by molar-refractivity contribution is 5.90. The summed E-state index contributed by atoms with van der Waals surface area (Å²) in [5.41, 5.74) is 4.76. The molecule has 3 N–H and O–H groups in total. The fourth-order valence-corrected chi connectivity index (χ4v) is 1.82. The Kier molecular flexibility index (Phi) is 2.88. The SMILES string of the molecule is COC(=O)[C@H]([NH3+])c1cccc2ccccc12. The van der Waals surface area contributed by atoms with Crippen molar-refractivity contribution < 1.29 is 15.3 Å². The second-order valence-corrected chi connectivity index (χ2v) is 3.64. The average molecular weight is 216 g/mol. The number of rotatable bonds is 2. The van der Waals surface area contributed by atoms with Crippen LogP contribution in [0.2, 0.25) is 0 Å². The molecule has 0 radical (unpaired) electrons. The van der Waals surface area contributed by atoms with Crippen LogP contribution in [-0.4, -0.2) is 13.1 Å². The number of hydrogen-bond donors (Lipinski definition) is 1. The van der Waals surface area contributed by atoms with E-state index in [2.05, 4.69) is 5.73 Å². The molecule has 0 heterocycles. The van der Waals surface area contributed by atoms with Gasteiger partial charge in [-0.2, -0.15) is 0 Å². The lowest BCUT2D eigenvalue weighted by Gasteiger charge is -2.09. The highest BCUT2D eigenvalue weighted by Gasteiger charge is 2.21. The molecule has 82 valence electrons. The molecule has 0 spiro atoms. The smallest absolute Gasteiger partial charge is 0.369 e. The van der Waals surface area contributed by atoms with Crippen LogP contribution in [0.3, 0.4) is 0 Å². The normalized spacial score (nSPS) is 12.4. The van der Waals surface area contributed by atoms with Crippen LogP contribution < -0.4 is 5.73 Å². The van der Waals surface area contributed by atoms with Crippen LogP contribution in [0.4, 0.5) is 0 Å². The maximum atomic E-state index is 11.5. The summed E-state index contributed by atoms with van der Waals surface area (Å²) < 4.78 is 4.71. The Morgan fingerprint density at radius 2 is 1.88 bits per heavy atom. The molecule has 0 aliphatic rings. The van der Waals surface area contributed by atoms with Gasteiger partial charge in [-0.25, -0.2) is 4.79 Å². The number of methoxy groups -OCH3 is 1. The van der Waals surface area contributed by atoms with E-state index in [1.165, 1.54) is 7.11 Å². The molecule has 0 saturated heterocycles. The third-order valence-electron chi connectivity index (χ3n) is 2.68. The van der Waals surface area contributed by atoms with E-state index in [9.17, 15) is 4.79 Å². The Bertz CT molecular complexity index is 517. The van der Waals surface area contributed by atoms with Gasteiger partial charge in [0, 0.05) is 5.56 Å². The van der Waals surface area contributed by atoms with Gasteiger partial charge in [0.15, 0.2) is 0 Å². The van der Waals surface area contributed by atoms with Gasteiger partial charge in [0.2, 0.25) is 6.04 Å². The molecule has 0 fully saturated rings. The molecule has 16 heavy (non-hydrogen) atoms. The van der Waals surface area contributed by atoms with Crippen molar-refractivity contribution >= 4 is 16.7 Å². The summed E-state index contributed by atoms with van der Waals surface area (Å²) in [6.07, 6.45) is 0. The molecule has 2 aromatic rings. The summed E-state index contributed by atoms with van der Waals surface area (Å²) in [6, 6.07) is 13.3. The van der Waals surface area contributed by atoms with E-state index in [1.807, 2.05) is 42.5 Å². The largest absolute Gasteiger partial charge is 0.464 e. The molecule has 3 nitrogen and oxygen atoms in total. The topological polar surface area (TPSA) is 53.9 Å². The van der Waals surface area contributed by atoms with Gasteiger partial charge in [-0.15, -0.1) is 0 Å². The first-order chi connectivity index (χ1) is 7.74. The van der Waals surface area contributed by atoms with Gasteiger partial charge in [0.1, 0.15) is 0 Å². The van der Waals surface area contributed by atoms with Gasteiger partial charge in [-0.1, -0.05) is 42.5 Å². The van der Waals surface area contributed by atoms with Gasteiger partial charge in [0.25, 0.3) is 0 Å². The number of hydrogen-bond acceptors (Lipinski definition) is 2. The predicted molar refractivity (Wildman–Crippen MR) is 61.6 cm³/mol. The number of quaternary nitrogens is 1. The number of fused-ring (bicyclic) bond motifs is 1. The van der Waals surface area contributed by atoms with E-state index in [0.717, 1.165) is 16.3 Å². The van der Waals surface area contributed by atoms with Crippen molar-refractivity contribution in [3.8, 4) is 0 Å². The Morgan fingerprint density at radius 3 is 2.62 bits per heavy atom. The monoisotopic (exact) mass is 216 g/mol. The van der Waals surface area contributed by atoms with Gasteiger partial charge in [0.05, 0.1) is 7.11 Å². The Labute approximate surface area is 93.8 Å². The molecular formula is C13H14NO2+. The maximum Gasteiger partial charge on any atom is 0.369 e. The zero-order valence-electron chi connectivity index (χ0n) is 9.14.